The fraction of sp³-hybridized carbons (Fsp3) is 1.00. The molecular weight excluding hydrogens is 228 g/mol. The highest BCUT2D eigenvalue weighted by molar-refractivity contribution is 4.62. The van der Waals surface area contributed by atoms with Crippen LogP contribution in [0.25, 0.3) is 0 Å². The molecule has 0 nitrogen and oxygen atoms in total. The molecule has 0 aliphatic rings. The van der Waals surface area contributed by atoms with Crippen LogP contribution in [0.3, 0.4) is 0 Å². The third-order valence-corrected chi connectivity index (χ3v) is 4.33. The summed E-state index contributed by atoms with van der Waals surface area (Å²) in [6.45, 7) is 9.34. The predicted molar refractivity (Wildman–Crippen MR) is 89.7 cm³/mol. The van der Waals surface area contributed by atoms with Crippen molar-refractivity contribution in [3.63, 3.8) is 0 Å². The fourth-order valence-electron chi connectivity index (χ4n) is 2.97. The maximum absolute atomic E-state index is 2.36. The van der Waals surface area contributed by atoms with Gasteiger partial charge in [0, 0.05) is 0 Å². The summed E-state index contributed by atoms with van der Waals surface area (Å²) >= 11 is 0. The van der Waals surface area contributed by atoms with Gasteiger partial charge in [-0.15, -0.1) is 0 Å². The third-order valence-electron chi connectivity index (χ3n) is 4.33. The van der Waals surface area contributed by atoms with Crippen molar-refractivity contribution in [1.82, 2.24) is 0 Å². The van der Waals surface area contributed by atoms with E-state index in [9.17, 15) is 0 Å². The van der Waals surface area contributed by atoms with Crippen LogP contribution in [0.5, 0.6) is 0 Å². The number of unbranched alkanes of at least 4 members (excludes halogenated alkanes) is 6. The first-order chi connectivity index (χ1) is 9.20. The molecule has 19 heavy (non-hydrogen) atoms. The largest absolute Gasteiger partial charge is 0.0654 e. The average Bonchev–Trinajstić information content (AvgIpc) is 2.37. The second-order valence-corrected chi connectivity index (χ2v) is 6.89. The van der Waals surface area contributed by atoms with Crippen LogP contribution in [-0.2, 0) is 0 Å². The minimum Gasteiger partial charge on any atom is -0.0654 e. The third kappa shape index (κ3) is 14.2. The lowest BCUT2D eigenvalue weighted by Gasteiger charge is -2.17. The fourth-order valence-corrected chi connectivity index (χ4v) is 2.97. The summed E-state index contributed by atoms with van der Waals surface area (Å²) in [6.07, 6.45) is 18.9. The molecule has 0 aliphatic carbocycles. The average molecular weight is 269 g/mol. The summed E-state index contributed by atoms with van der Waals surface area (Å²) in [5.41, 5.74) is 0. The van der Waals surface area contributed by atoms with Gasteiger partial charge in [0.05, 0.1) is 0 Å². The van der Waals surface area contributed by atoms with Gasteiger partial charge in [0.2, 0.25) is 0 Å². The standard InChI is InChI=1S/C19H40/c1-5-7-9-10-12-16-19(15-11-8-6-2)17-13-14-18(3)4/h18-19H,5-17H2,1-4H3. The van der Waals surface area contributed by atoms with Crippen LogP contribution in [0, 0.1) is 11.8 Å². The maximum Gasteiger partial charge on any atom is -0.0414 e. The molecule has 0 spiro atoms. The van der Waals surface area contributed by atoms with Crippen LogP contribution >= 0.6 is 0 Å². The van der Waals surface area contributed by atoms with Crippen LogP contribution in [0.4, 0.5) is 0 Å². The molecular formula is C19H40. The van der Waals surface area contributed by atoms with Crippen LogP contribution in [0.15, 0.2) is 0 Å². The zero-order valence-corrected chi connectivity index (χ0v) is 14.3. The van der Waals surface area contributed by atoms with E-state index in [2.05, 4.69) is 27.7 Å². The Morgan fingerprint density at radius 2 is 1.00 bits per heavy atom. The van der Waals surface area contributed by atoms with Crippen LogP contribution < -0.4 is 0 Å². The van der Waals surface area contributed by atoms with Gasteiger partial charge in [-0.1, -0.05) is 111 Å². The second-order valence-electron chi connectivity index (χ2n) is 6.89. The topological polar surface area (TPSA) is 0 Å². The van der Waals surface area contributed by atoms with E-state index in [1.165, 1.54) is 83.5 Å². The Kier molecular flexibility index (Phi) is 14.4. The van der Waals surface area contributed by atoms with E-state index in [1.807, 2.05) is 0 Å². The molecule has 1 atom stereocenters. The first kappa shape index (κ1) is 19.0. The van der Waals surface area contributed by atoms with E-state index in [1.54, 1.807) is 0 Å². The van der Waals surface area contributed by atoms with Gasteiger partial charge in [-0.3, -0.25) is 0 Å². The van der Waals surface area contributed by atoms with Crippen LogP contribution in [-0.4, -0.2) is 0 Å². The maximum atomic E-state index is 2.36. The van der Waals surface area contributed by atoms with Gasteiger partial charge in [0.1, 0.15) is 0 Å². The molecule has 0 saturated heterocycles. The summed E-state index contributed by atoms with van der Waals surface area (Å²) in [4.78, 5) is 0. The minimum absolute atomic E-state index is 0.890. The Morgan fingerprint density at radius 1 is 0.526 bits per heavy atom. The van der Waals surface area contributed by atoms with Gasteiger partial charge in [-0.25, -0.2) is 0 Å². The van der Waals surface area contributed by atoms with Gasteiger partial charge in [-0.2, -0.15) is 0 Å². The highest BCUT2D eigenvalue weighted by atomic mass is 14.1. The van der Waals surface area contributed by atoms with Gasteiger partial charge in [0.15, 0.2) is 0 Å². The van der Waals surface area contributed by atoms with E-state index in [0.717, 1.165) is 11.8 Å². The summed E-state index contributed by atoms with van der Waals surface area (Å²) in [5.74, 6) is 1.92. The van der Waals surface area contributed by atoms with Crippen LogP contribution in [0.2, 0.25) is 0 Å². The lowest BCUT2D eigenvalue weighted by molar-refractivity contribution is 0.361. The molecule has 0 radical (unpaired) electrons. The van der Waals surface area contributed by atoms with E-state index >= 15 is 0 Å². The lowest BCUT2D eigenvalue weighted by atomic mass is 9.89. The lowest BCUT2D eigenvalue weighted by Crippen LogP contribution is -2.02. The smallest absolute Gasteiger partial charge is 0.0414 e. The van der Waals surface area contributed by atoms with Crippen molar-refractivity contribution in [3.05, 3.63) is 0 Å². The number of rotatable bonds is 14. The van der Waals surface area contributed by atoms with Crippen molar-refractivity contribution in [3.8, 4) is 0 Å². The first-order valence-electron chi connectivity index (χ1n) is 9.20. The molecule has 0 aromatic carbocycles. The molecule has 0 aromatic heterocycles. The normalized spacial score (nSPS) is 13.1. The molecule has 0 N–H and O–H groups in total. The van der Waals surface area contributed by atoms with Crippen molar-refractivity contribution < 1.29 is 0 Å². The molecule has 0 amide bonds. The Bertz CT molecular complexity index is 159. The molecule has 0 fully saturated rings. The van der Waals surface area contributed by atoms with Crippen molar-refractivity contribution in [2.45, 2.75) is 111 Å². The second kappa shape index (κ2) is 14.4. The first-order valence-corrected chi connectivity index (χ1v) is 9.20. The molecule has 0 heteroatoms. The van der Waals surface area contributed by atoms with Gasteiger partial charge in [-0.05, 0) is 11.8 Å². The molecule has 116 valence electrons. The van der Waals surface area contributed by atoms with E-state index < -0.39 is 0 Å². The zero-order chi connectivity index (χ0) is 14.3. The highest BCUT2D eigenvalue weighted by Gasteiger charge is 2.08. The Hall–Kier alpha value is 0. The predicted octanol–water partition coefficient (Wildman–Crippen LogP) is 7.37. The van der Waals surface area contributed by atoms with Crippen LogP contribution in [0.1, 0.15) is 111 Å². The van der Waals surface area contributed by atoms with Crippen molar-refractivity contribution >= 4 is 0 Å². The van der Waals surface area contributed by atoms with E-state index in [-0.39, 0.29) is 0 Å². The number of hydrogen-bond acceptors (Lipinski definition) is 0. The molecule has 0 heterocycles. The highest BCUT2D eigenvalue weighted by Crippen LogP contribution is 2.24. The van der Waals surface area contributed by atoms with Gasteiger partial charge >= 0.3 is 0 Å². The quantitative estimate of drug-likeness (QED) is 0.288. The summed E-state index contributed by atoms with van der Waals surface area (Å²) in [6, 6.07) is 0. The summed E-state index contributed by atoms with van der Waals surface area (Å²) in [5, 5.41) is 0. The van der Waals surface area contributed by atoms with Crippen molar-refractivity contribution in [2.75, 3.05) is 0 Å². The molecule has 0 saturated carbocycles. The molecule has 0 aromatic rings. The van der Waals surface area contributed by atoms with Crippen molar-refractivity contribution in [2.24, 2.45) is 11.8 Å². The summed E-state index contributed by atoms with van der Waals surface area (Å²) in [7, 11) is 0. The summed E-state index contributed by atoms with van der Waals surface area (Å²) < 4.78 is 0. The Labute approximate surface area is 123 Å². The Morgan fingerprint density at radius 3 is 1.58 bits per heavy atom. The molecule has 0 bridgehead atoms. The van der Waals surface area contributed by atoms with E-state index in [0.29, 0.717) is 0 Å². The van der Waals surface area contributed by atoms with Gasteiger partial charge in [0.25, 0.3) is 0 Å². The molecule has 0 aliphatic heterocycles. The molecule has 1 unspecified atom stereocenters. The van der Waals surface area contributed by atoms with Gasteiger partial charge < -0.3 is 0 Å². The Balaban J connectivity index is 3.69. The SMILES string of the molecule is CCCCCCCC(CCCCC)CCCC(C)C. The van der Waals surface area contributed by atoms with Crippen molar-refractivity contribution in [1.29, 1.82) is 0 Å². The minimum atomic E-state index is 0.890. The number of hydrogen-bond donors (Lipinski definition) is 0. The monoisotopic (exact) mass is 268 g/mol. The molecule has 0 rings (SSSR count). The zero-order valence-electron chi connectivity index (χ0n) is 14.3. The van der Waals surface area contributed by atoms with E-state index in [4.69, 9.17) is 0 Å².